The van der Waals surface area contributed by atoms with E-state index in [0.717, 1.165) is 55.0 Å². The number of halogens is 2. The Kier molecular flexibility index (Phi) is 3.94. The Morgan fingerprint density at radius 1 is 1.14 bits per heavy atom. The second kappa shape index (κ2) is 6.38. The first-order chi connectivity index (χ1) is 13.6. The molecule has 1 fully saturated rings. The molecule has 0 saturated carbocycles. The lowest BCUT2D eigenvalue weighted by atomic mass is 9.82. The smallest absolute Gasteiger partial charge is 0.161 e. The van der Waals surface area contributed by atoms with Crippen molar-refractivity contribution in [1.29, 1.82) is 0 Å². The van der Waals surface area contributed by atoms with E-state index in [1.807, 2.05) is 25.3 Å². The largest absolute Gasteiger partial charge is 0.371 e. The summed E-state index contributed by atoms with van der Waals surface area (Å²) < 4.78 is 29.6. The maximum absolute atomic E-state index is 14.0. The Labute approximate surface area is 162 Å². The average molecular weight is 381 g/mol. The van der Waals surface area contributed by atoms with Crippen LogP contribution in [0.2, 0.25) is 0 Å². The van der Waals surface area contributed by atoms with Crippen molar-refractivity contribution >= 4 is 5.69 Å². The van der Waals surface area contributed by atoms with Crippen molar-refractivity contribution in [2.75, 3.05) is 18.4 Å². The monoisotopic (exact) mass is 381 g/mol. The lowest BCUT2D eigenvalue weighted by Gasteiger charge is -2.45. The average Bonchev–Trinajstić information content (AvgIpc) is 3.10. The normalized spacial score (nSPS) is 17.8. The van der Waals surface area contributed by atoms with Gasteiger partial charge in [-0.25, -0.2) is 18.7 Å². The molecule has 3 aromatic rings. The maximum Gasteiger partial charge on any atom is 0.161 e. The highest BCUT2D eigenvalue weighted by molar-refractivity contribution is 5.63. The quantitative estimate of drug-likeness (QED) is 0.734. The molecule has 0 amide bonds. The summed E-state index contributed by atoms with van der Waals surface area (Å²) in [7, 11) is 0. The summed E-state index contributed by atoms with van der Waals surface area (Å²) in [5, 5.41) is 3.70. The second-order valence-corrected chi connectivity index (χ2v) is 7.62. The number of benzene rings is 1. The third-order valence-corrected chi connectivity index (χ3v) is 5.91. The van der Waals surface area contributed by atoms with Crippen molar-refractivity contribution in [1.82, 2.24) is 19.4 Å². The standard InChI is InChI=1S/C21H21F2N5/c1-14-25-12-19-21(26-18-3-2-8-24-20(18)28(14)19)6-9-27(10-7-21)13-15-11-16(22)4-5-17(15)23/h2-5,8,11-12,26H,6-7,9-10,13H2,1H3. The molecule has 5 nitrogen and oxygen atoms in total. The van der Waals surface area contributed by atoms with Crippen LogP contribution in [0.5, 0.6) is 0 Å². The van der Waals surface area contributed by atoms with Crippen LogP contribution in [-0.4, -0.2) is 32.5 Å². The van der Waals surface area contributed by atoms with Crippen LogP contribution in [0, 0.1) is 18.6 Å². The highest BCUT2D eigenvalue weighted by atomic mass is 19.1. The van der Waals surface area contributed by atoms with Gasteiger partial charge in [-0.15, -0.1) is 0 Å². The molecule has 144 valence electrons. The van der Waals surface area contributed by atoms with E-state index in [4.69, 9.17) is 0 Å². The molecule has 0 radical (unpaired) electrons. The minimum absolute atomic E-state index is 0.228. The van der Waals surface area contributed by atoms with Gasteiger partial charge in [-0.1, -0.05) is 0 Å². The molecular formula is C21H21F2N5. The molecule has 2 aromatic heterocycles. The number of nitrogens with one attached hydrogen (secondary N) is 1. The molecule has 1 aromatic carbocycles. The van der Waals surface area contributed by atoms with Gasteiger partial charge in [0.1, 0.15) is 17.5 Å². The van der Waals surface area contributed by atoms with Crippen molar-refractivity contribution in [3.05, 3.63) is 71.4 Å². The van der Waals surface area contributed by atoms with E-state index in [2.05, 4.69) is 24.8 Å². The Hall–Kier alpha value is -2.80. The zero-order valence-electron chi connectivity index (χ0n) is 15.6. The topological polar surface area (TPSA) is 46.0 Å². The van der Waals surface area contributed by atoms with Gasteiger partial charge in [0.15, 0.2) is 5.82 Å². The summed E-state index contributed by atoms with van der Waals surface area (Å²) in [6, 6.07) is 7.62. The number of fused-ring (bicyclic) bond motifs is 4. The maximum atomic E-state index is 14.0. The van der Waals surface area contributed by atoms with Gasteiger partial charge in [-0.2, -0.15) is 0 Å². The van der Waals surface area contributed by atoms with Crippen molar-refractivity contribution in [2.45, 2.75) is 31.8 Å². The highest BCUT2D eigenvalue weighted by Gasteiger charge is 2.43. The molecule has 1 N–H and O–H groups in total. The molecule has 28 heavy (non-hydrogen) atoms. The number of anilines is 1. The zero-order chi connectivity index (χ0) is 19.3. The van der Waals surface area contributed by atoms with Gasteiger partial charge in [0.25, 0.3) is 0 Å². The van der Waals surface area contributed by atoms with Crippen molar-refractivity contribution < 1.29 is 8.78 Å². The molecule has 1 saturated heterocycles. The highest BCUT2D eigenvalue weighted by Crippen LogP contribution is 2.43. The third-order valence-electron chi connectivity index (χ3n) is 5.91. The van der Waals surface area contributed by atoms with Crippen molar-refractivity contribution in [2.24, 2.45) is 0 Å². The summed E-state index contributed by atoms with van der Waals surface area (Å²) in [6.45, 7) is 3.96. The van der Waals surface area contributed by atoms with E-state index in [1.54, 1.807) is 6.20 Å². The number of likely N-dealkylation sites (tertiary alicyclic amines) is 1. The molecule has 2 aliphatic rings. The fraction of sp³-hybridized carbons (Fsp3) is 0.333. The molecule has 0 aliphatic carbocycles. The first-order valence-corrected chi connectivity index (χ1v) is 9.50. The summed E-state index contributed by atoms with van der Waals surface area (Å²) in [5.74, 6) is 1.04. The van der Waals surface area contributed by atoms with Crippen LogP contribution in [0.1, 0.15) is 29.9 Å². The number of pyridine rings is 1. The summed E-state index contributed by atoms with van der Waals surface area (Å²) in [5.41, 5.74) is 2.30. The van der Waals surface area contributed by atoms with Crippen LogP contribution < -0.4 is 5.32 Å². The van der Waals surface area contributed by atoms with Crippen LogP contribution in [0.15, 0.2) is 42.7 Å². The first-order valence-electron chi connectivity index (χ1n) is 9.50. The Bertz CT molecular complexity index is 1040. The van der Waals surface area contributed by atoms with E-state index >= 15 is 0 Å². The number of aromatic nitrogens is 3. The number of piperidine rings is 1. The molecule has 1 spiro atoms. The van der Waals surface area contributed by atoms with Gasteiger partial charge >= 0.3 is 0 Å². The van der Waals surface area contributed by atoms with Crippen LogP contribution in [0.3, 0.4) is 0 Å². The van der Waals surface area contributed by atoms with Gasteiger partial charge in [0, 0.05) is 31.4 Å². The van der Waals surface area contributed by atoms with E-state index in [9.17, 15) is 8.78 Å². The molecule has 5 rings (SSSR count). The predicted molar refractivity (Wildman–Crippen MR) is 102 cm³/mol. The molecule has 7 heteroatoms. The van der Waals surface area contributed by atoms with Crippen molar-refractivity contribution in [3.63, 3.8) is 0 Å². The van der Waals surface area contributed by atoms with Gasteiger partial charge in [-0.05, 0) is 50.1 Å². The van der Waals surface area contributed by atoms with Crippen LogP contribution in [-0.2, 0) is 12.1 Å². The van der Waals surface area contributed by atoms with E-state index in [0.29, 0.717) is 12.1 Å². The van der Waals surface area contributed by atoms with Gasteiger partial charge in [0.2, 0.25) is 0 Å². The number of hydrogen-bond acceptors (Lipinski definition) is 4. The van der Waals surface area contributed by atoms with E-state index < -0.39 is 5.82 Å². The van der Waals surface area contributed by atoms with Crippen molar-refractivity contribution in [3.8, 4) is 5.82 Å². The number of imidazole rings is 1. The van der Waals surface area contributed by atoms with Gasteiger partial charge < -0.3 is 5.32 Å². The van der Waals surface area contributed by atoms with Crippen LogP contribution in [0.4, 0.5) is 14.5 Å². The SMILES string of the molecule is Cc1ncc2n1-c1ncccc1NC21CCN(Cc2cc(F)ccc2F)CC1. The fourth-order valence-corrected chi connectivity index (χ4v) is 4.42. The minimum Gasteiger partial charge on any atom is -0.371 e. The Balaban J connectivity index is 1.41. The molecule has 2 aliphatic heterocycles. The number of hydrogen-bond donors (Lipinski definition) is 1. The molecule has 4 heterocycles. The molecule has 0 atom stereocenters. The second-order valence-electron chi connectivity index (χ2n) is 7.62. The first kappa shape index (κ1) is 17.3. The summed E-state index contributed by atoms with van der Waals surface area (Å²) >= 11 is 0. The number of aryl methyl sites for hydroxylation is 1. The lowest BCUT2D eigenvalue weighted by molar-refractivity contribution is 0.160. The van der Waals surface area contributed by atoms with Gasteiger partial charge in [-0.3, -0.25) is 9.47 Å². The molecule has 0 unspecified atom stereocenters. The van der Waals surface area contributed by atoms with Crippen LogP contribution >= 0.6 is 0 Å². The zero-order valence-corrected chi connectivity index (χ0v) is 15.6. The Morgan fingerprint density at radius 2 is 1.96 bits per heavy atom. The van der Waals surface area contributed by atoms with Gasteiger partial charge in [0.05, 0.1) is 23.1 Å². The number of rotatable bonds is 2. The predicted octanol–water partition coefficient (Wildman–Crippen LogP) is 3.77. The lowest BCUT2D eigenvalue weighted by Crippen LogP contribution is -2.49. The van der Waals surface area contributed by atoms with E-state index in [1.165, 1.54) is 12.1 Å². The van der Waals surface area contributed by atoms with E-state index in [-0.39, 0.29) is 11.4 Å². The molecular weight excluding hydrogens is 360 g/mol. The summed E-state index contributed by atoms with van der Waals surface area (Å²) in [4.78, 5) is 11.2. The molecule has 0 bridgehead atoms. The summed E-state index contributed by atoms with van der Waals surface area (Å²) in [6.07, 6.45) is 5.42. The third kappa shape index (κ3) is 2.69. The minimum atomic E-state index is -0.401. The number of nitrogens with zero attached hydrogens (tertiary/aromatic N) is 4. The Morgan fingerprint density at radius 3 is 2.79 bits per heavy atom. The van der Waals surface area contributed by atoms with Crippen LogP contribution in [0.25, 0.3) is 5.82 Å². The fourth-order valence-electron chi connectivity index (χ4n) is 4.42.